The maximum Gasteiger partial charge on any atom is 0.0857 e. The van der Waals surface area contributed by atoms with E-state index in [-0.39, 0.29) is 12.7 Å². The summed E-state index contributed by atoms with van der Waals surface area (Å²) in [6, 6.07) is 0.717. The highest BCUT2D eigenvalue weighted by molar-refractivity contribution is 5.90. The van der Waals surface area contributed by atoms with Crippen LogP contribution < -0.4 is 5.32 Å². The predicted octanol–water partition coefficient (Wildman–Crippen LogP) is 2.03. The second kappa shape index (κ2) is 6.83. The summed E-state index contributed by atoms with van der Waals surface area (Å²) in [5, 5.41) is 12.4. The second-order valence-corrected chi connectivity index (χ2v) is 6.18. The van der Waals surface area contributed by atoms with Crippen molar-refractivity contribution in [2.24, 2.45) is 10.9 Å². The zero-order chi connectivity index (χ0) is 13.8. The van der Waals surface area contributed by atoms with Crippen LogP contribution in [0.25, 0.3) is 0 Å². The number of hydrogen-bond donors (Lipinski definition) is 2. The molecule has 0 saturated heterocycles. The molecule has 0 aromatic heterocycles. The Balaban J connectivity index is 1.62. The number of aliphatic imine (C=N–C) groups is 1. The van der Waals surface area contributed by atoms with Crippen LogP contribution in [0.2, 0.25) is 0 Å². The molecule has 20 heavy (non-hydrogen) atoms. The Hall–Kier alpha value is -0.710. The van der Waals surface area contributed by atoms with Crippen molar-refractivity contribution in [3.05, 3.63) is 11.8 Å². The van der Waals surface area contributed by atoms with Gasteiger partial charge in [0, 0.05) is 37.4 Å². The van der Waals surface area contributed by atoms with Crippen molar-refractivity contribution in [3.63, 3.8) is 0 Å². The van der Waals surface area contributed by atoms with Crippen molar-refractivity contribution in [2.45, 2.75) is 57.1 Å². The zero-order valence-corrected chi connectivity index (χ0v) is 12.2. The number of ether oxygens (including phenoxy) is 1. The van der Waals surface area contributed by atoms with Crippen LogP contribution in [0.1, 0.15) is 44.9 Å². The van der Waals surface area contributed by atoms with Gasteiger partial charge in [0.05, 0.1) is 11.8 Å². The lowest BCUT2D eigenvalue weighted by molar-refractivity contribution is 0.0469. The van der Waals surface area contributed by atoms with Crippen molar-refractivity contribution in [3.8, 4) is 0 Å². The van der Waals surface area contributed by atoms with Gasteiger partial charge >= 0.3 is 0 Å². The maximum atomic E-state index is 8.90. The van der Waals surface area contributed by atoms with E-state index in [0.717, 1.165) is 25.1 Å². The van der Waals surface area contributed by atoms with E-state index in [0.29, 0.717) is 18.6 Å². The van der Waals surface area contributed by atoms with E-state index in [9.17, 15) is 0 Å². The summed E-state index contributed by atoms with van der Waals surface area (Å²) in [6.45, 7) is 1.73. The van der Waals surface area contributed by atoms with Gasteiger partial charge in [-0.2, -0.15) is 0 Å². The number of nitrogens with one attached hydrogen (secondary N) is 1. The van der Waals surface area contributed by atoms with Crippen LogP contribution >= 0.6 is 0 Å². The fourth-order valence-electron chi connectivity index (χ4n) is 3.13. The number of aliphatic hydroxyl groups is 1. The summed E-state index contributed by atoms with van der Waals surface area (Å²) >= 11 is 0. The molecule has 4 nitrogen and oxygen atoms in total. The molecule has 2 unspecified atom stereocenters. The quantitative estimate of drug-likeness (QED) is 0.701. The molecule has 2 atom stereocenters. The molecule has 2 N–H and O–H groups in total. The van der Waals surface area contributed by atoms with Crippen LogP contribution in [0.15, 0.2) is 16.8 Å². The molecule has 3 aliphatic rings. The molecule has 1 heterocycles. The fraction of sp³-hybridized carbons (Fsp3) is 0.812. The minimum atomic E-state index is 0.172. The first-order chi connectivity index (χ1) is 9.86. The lowest BCUT2D eigenvalue weighted by Gasteiger charge is -2.33. The average molecular weight is 278 g/mol. The van der Waals surface area contributed by atoms with Crippen LogP contribution in [-0.4, -0.2) is 42.7 Å². The Labute approximate surface area is 121 Å². The van der Waals surface area contributed by atoms with E-state index in [1.54, 1.807) is 0 Å². The minimum Gasteiger partial charge on any atom is -0.396 e. The van der Waals surface area contributed by atoms with E-state index in [4.69, 9.17) is 14.8 Å². The molecule has 0 amide bonds. The highest BCUT2D eigenvalue weighted by Crippen LogP contribution is 2.31. The lowest BCUT2D eigenvalue weighted by atomic mass is 9.81. The van der Waals surface area contributed by atoms with Crippen molar-refractivity contribution >= 4 is 5.71 Å². The van der Waals surface area contributed by atoms with Gasteiger partial charge in [0.1, 0.15) is 0 Å². The molecule has 0 radical (unpaired) electrons. The van der Waals surface area contributed by atoms with E-state index in [2.05, 4.69) is 11.4 Å². The molecule has 0 bridgehead atoms. The van der Waals surface area contributed by atoms with Crippen molar-refractivity contribution in [1.29, 1.82) is 0 Å². The first kappa shape index (κ1) is 14.2. The molecule has 4 heteroatoms. The predicted molar refractivity (Wildman–Crippen MR) is 79.9 cm³/mol. The van der Waals surface area contributed by atoms with Gasteiger partial charge < -0.3 is 15.2 Å². The maximum absolute atomic E-state index is 8.90. The number of fused-ring (bicyclic) bond motifs is 1. The molecular formula is C16H26N2O2. The molecule has 0 spiro atoms. The molecule has 2 saturated carbocycles. The largest absolute Gasteiger partial charge is 0.396 e. The molecule has 3 rings (SSSR count). The number of hydrogen-bond acceptors (Lipinski definition) is 4. The fourth-order valence-corrected chi connectivity index (χ4v) is 3.13. The van der Waals surface area contributed by atoms with Crippen molar-refractivity contribution in [2.75, 3.05) is 19.8 Å². The van der Waals surface area contributed by atoms with Gasteiger partial charge in [-0.3, -0.25) is 4.99 Å². The Morgan fingerprint density at radius 2 is 2.20 bits per heavy atom. The third kappa shape index (κ3) is 3.68. The summed E-state index contributed by atoms with van der Waals surface area (Å²) in [6.07, 6.45) is 10.6. The van der Waals surface area contributed by atoms with Gasteiger partial charge in [-0.05, 0) is 44.6 Å². The average Bonchev–Trinajstić information content (AvgIpc) is 3.29. The van der Waals surface area contributed by atoms with Gasteiger partial charge in [-0.1, -0.05) is 6.42 Å². The van der Waals surface area contributed by atoms with Crippen molar-refractivity contribution in [1.82, 2.24) is 5.32 Å². The van der Waals surface area contributed by atoms with Gasteiger partial charge in [0.25, 0.3) is 0 Å². The highest BCUT2D eigenvalue weighted by atomic mass is 16.5. The molecule has 1 aliphatic heterocycles. The van der Waals surface area contributed by atoms with E-state index >= 15 is 0 Å². The Morgan fingerprint density at radius 3 is 3.00 bits per heavy atom. The smallest absolute Gasteiger partial charge is 0.0857 e. The SMILES string of the molecule is OCCCOC1C=C(CNC2CC2)N=C2CCCCC21. The summed E-state index contributed by atoms with van der Waals surface area (Å²) in [5.74, 6) is 0.479. The topological polar surface area (TPSA) is 53.9 Å². The van der Waals surface area contributed by atoms with E-state index in [1.165, 1.54) is 37.8 Å². The first-order valence-corrected chi connectivity index (χ1v) is 8.11. The monoisotopic (exact) mass is 278 g/mol. The van der Waals surface area contributed by atoms with Crippen LogP contribution in [0, 0.1) is 5.92 Å². The molecule has 0 aromatic rings. The van der Waals surface area contributed by atoms with E-state index in [1.807, 2.05) is 0 Å². The van der Waals surface area contributed by atoms with Gasteiger partial charge in [0.15, 0.2) is 0 Å². The molecule has 0 aromatic carbocycles. The lowest BCUT2D eigenvalue weighted by Crippen LogP contribution is -2.36. The van der Waals surface area contributed by atoms with Gasteiger partial charge in [-0.25, -0.2) is 0 Å². The third-order valence-electron chi connectivity index (χ3n) is 4.43. The summed E-state index contributed by atoms with van der Waals surface area (Å²) in [4.78, 5) is 4.87. The number of rotatable bonds is 7. The van der Waals surface area contributed by atoms with Crippen LogP contribution in [0.4, 0.5) is 0 Å². The minimum absolute atomic E-state index is 0.172. The van der Waals surface area contributed by atoms with Crippen molar-refractivity contribution < 1.29 is 9.84 Å². The van der Waals surface area contributed by atoms with Crippen LogP contribution in [-0.2, 0) is 4.74 Å². The zero-order valence-electron chi connectivity index (χ0n) is 12.2. The normalized spacial score (nSPS) is 29.6. The molecule has 2 fully saturated rings. The van der Waals surface area contributed by atoms with Gasteiger partial charge in [-0.15, -0.1) is 0 Å². The summed E-state index contributed by atoms with van der Waals surface area (Å²) in [7, 11) is 0. The Kier molecular flexibility index (Phi) is 4.86. The van der Waals surface area contributed by atoms with E-state index < -0.39 is 0 Å². The first-order valence-electron chi connectivity index (χ1n) is 8.11. The molecular weight excluding hydrogens is 252 g/mol. The summed E-state index contributed by atoms with van der Waals surface area (Å²) < 4.78 is 6.00. The molecule has 2 aliphatic carbocycles. The number of nitrogens with zero attached hydrogens (tertiary/aromatic N) is 1. The number of aliphatic hydroxyl groups excluding tert-OH is 1. The third-order valence-corrected chi connectivity index (χ3v) is 4.43. The highest BCUT2D eigenvalue weighted by Gasteiger charge is 2.31. The molecule has 112 valence electrons. The Bertz CT molecular complexity index is 388. The van der Waals surface area contributed by atoms with Crippen LogP contribution in [0.5, 0.6) is 0 Å². The van der Waals surface area contributed by atoms with Gasteiger partial charge in [0.2, 0.25) is 0 Å². The second-order valence-electron chi connectivity index (χ2n) is 6.18. The summed E-state index contributed by atoms with van der Waals surface area (Å²) in [5.41, 5.74) is 2.50. The van der Waals surface area contributed by atoms with Crippen LogP contribution in [0.3, 0.4) is 0 Å². The Morgan fingerprint density at radius 1 is 1.30 bits per heavy atom. The standard InChI is InChI=1S/C16H26N2O2/c19-8-3-9-20-16-10-13(11-17-12-6-7-12)18-15-5-2-1-4-14(15)16/h10,12,14,16-17,19H,1-9,11H2.